The highest BCUT2D eigenvalue weighted by molar-refractivity contribution is 7.99. The molecule has 0 unspecified atom stereocenters. The molecule has 0 radical (unpaired) electrons. The first-order valence-electron chi connectivity index (χ1n) is 13.3. The molecule has 1 aliphatic heterocycles. The number of hydrogen-bond donors (Lipinski definition) is 1. The normalized spacial score (nSPS) is 18.6. The van der Waals surface area contributed by atoms with Crippen molar-refractivity contribution in [2.24, 2.45) is 17.5 Å². The summed E-state index contributed by atoms with van der Waals surface area (Å²) >= 11 is 1.59. The second kappa shape index (κ2) is 10.3. The third-order valence-electron chi connectivity index (χ3n) is 7.62. The van der Waals surface area contributed by atoms with Crippen LogP contribution >= 0.6 is 11.8 Å². The first-order chi connectivity index (χ1) is 18.1. The Labute approximate surface area is 228 Å². The van der Waals surface area contributed by atoms with Gasteiger partial charge >= 0.3 is 6.09 Å². The number of fused-ring (bicyclic) bond motifs is 1. The van der Waals surface area contributed by atoms with Crippen molar-refractivity contribution in [1.82, 2.24) is 14.5 Å². The van der Waals surface area contributed by atoms with E-state index >= 15 is 0 Å². The van der Waals surface area contributed by atoms with E-state index in [2.05, 4.69) is 44.9 Å². The minimum Gasteiger partial charge on any atom is -0.442 e. The standard InChI is InChI=1S/C29H37N5O3S/c1-19-26(38-22-9-6-8-20-11-15-33(5)24(20)22)31-21(18-35)25(30-19)34-16-13-29(14-17-34)12-7-10-23(29)32-27(36)37-28(2,3)4/h6,8-9,11,15,35H,7,10,12-14,16-18H2,1-5H3. The van der Waals surface area contributed by atoms with Crippen LogP contribution in [-0.4, -0.2) is 50.1 Å². The van der Waals surface area contributed by atoms with Crippen LogP contribution in [0.15, 0.2) is 45.4 Å². The number of piperidine rings is 1. The van der Waals surface area contributed by atoms with E-state index in [0.717, 1.165) is 77.9 Å². The Morgan fingerprint density at radius 3 is 2.66 bits per heavy atom. The third kappa shape index (κ3) is 5.31. The van der Waals surface area contributed by atoms with Crippen molar-refractivity contribution in [3.05, 3.63) is 41.9 Å². The zero-order valence-corrected chi connectivity index (χ0v) is 23.8. The van der Waals surface area contributed by atoms with E-state index in [1.165, 1.54) is 5.39 Å². The van der Waals surface area contributed by atoms with E-state index < -0.39 is 11.7 Å². The van der Waals surface area contributed by atoms with E-state index in [1.807, 2.05) is 34.7 Å². The molecule has 1 spiro atoms. The zero-order chi connectivity index (χ0) is 27.1. The fourth-order valence-corrected chi connectivity index (χ4v) is 6.81. The lowest BCUT2D eigenvalue weighted by Crippen LogP contribution is -2.43. The number of aliphatic hydroxyl groups is 1. The molecule has 9 heteroatoms. The average Bonchev–Trinajstić information content (AvgIpc) is 3.43. The largest absolute Gasteiger partial charge is 0.442 e. The number of aliphatic imine (C=N–C) groups is 1. The molecule has 1 saturated carbocycles. The van der Waals surface area contributed by atoms with Crippen LogP contribution in [0, 0.1) is 12.3 Å². The number of carbonyl (C=O) groups excluding carboxylic acids is 1. The van der Waals surface area contributed by atoms with Gasteiger partial charge < -0.3 is 19.3 Å². The molecule has 1 amide bonds. The molecule has 1 saturated heterocycles. The van der Waals surface area contributed by atoms with E-state index in [0.29, 0.717) is 5.69 Å². The number of aromatic nitrogens is 3. The van der Waals surface area contributed by atoms with Crippen LogP contribution < -0.4 is 4.90 Å². The summed E-state index contributed by atoms with van der Waals surface area (Å²) in [6, 6.07) is 8.37. The molecule has 3 aromatic rings. The summed E-state index contributed by atoms with van der Waals surface area (Å²) in [6.45, 7) is 8.97. The lowest BCUT2D eigenvalue weighted by molar-refractivity contribution is 0.0601. The van der Waals surface area contributed by atoms with Gasteiger partial charge in [-0.05, 0) is 71.9 Å². The second-order valence-corrected chi connectivity index (χ2v) is 12.5. The number of nitrogens with zero attached hydrogens (tertiary/aromatic N) is 5. The van der Waals surface area contributed by atoms with Crippen molar-refractivity contribution < 1.29 is 14.6 Å². The predicted octanol–water partition coefficient (Wildman–Crippen LogP) is 6.07. The SMILES string of the molecule is Cc1nc(N2CCC3(CCCC3=NC(=O)OC(C)(C)C)CC2)c(CO)nc1Sc1cccc2ccn(C)c12. The summed E-state index contributed by atoms with van der Waals surface area (Å²) in [6.07, 6.45) is 6.30. The molecule has 2 fully saturated rings. The molecule has 1 N–H and O–H groups in total. The van der Waals surface area contributed by atoms with Gasteiger partial charge in [-0.15, -0.1) is 0 Å². The maximum absolute atomic E-state index is 12.4. The summed E-state index contributed by atoms with van der Waals surface area (Å²) in [4.78, 5) is 30.0. The molecule has 2 aromatic heterocycles. The summed E-state index contributed by atoms with van der Waals surface area (Å²) in [5.41, 5.74) is 2.99. The van der Waals surface area contributed by atoms with Crippen molar-refractivity contribution >= 4 is 40.3 Å². The van der Waals surface area contributed by atoms with E-state index in [1.54, 1.807) is 11.8 Å². The van der Waals surface area contributed by atoms with E-state index in [9.17, 15) is 9.90 Å². The molecule has 202 valence electrons. The van der Waals surface area contributed by atoms with Gasteiger partial charge in [-0.3, -0.25) is 0 Å². The number of benzene rings is 1. The highest BCUT2D eigenvalue weighted by Gasteiger charge is 2.43. The number of ether oxygens (including phenoxy) is 1. The lowest BCUT2D eigenvalue weighted by Gasteiger charge is -2.40. The molecule has 38 heavy (non-hydrogen) atoms. The van der Waals surface area contributed by atoms with Crippen LogP contribution in [0.25, 0.3) is 10.9 Å². The summed E-state index contributed by atoms with van der Waals surface area (Å²) in [5.74, 6) is 0.755. The van der Waals surface area contributed by atoms with Gasteiger partial charge in [0.05, 0.1) is 17.8 Å². The second-order valence-electron chi connectivity index (χ2n) is 11.4. The van der Waals surface area contributed by atoms with Crippen LogP contribution in [0.5, 0.6) is 0 Å². The van der Waals surface area contributed by atoms with E-state index in [4.69, 9.17) is 14.7 Å². The van der Waals surface area contributed by atoms with E-state index in [-0.39, 0.29) is 12.0 Å². The first kappa shape index (κ1) is 26.7. The van der Waals surface area contributed by atoms with Crippen LogP contribution in [0.1, 0.15) is 64.3 Å². The van der Waals surface area contributed by atoms with Crippen LogP contribution in [0.2, 0.25) is 0 Å². The van der Waals surface area contributed by atoms with Gasteiger partial charge in [-0.25, -0.2) is 14.8 Å². The molecule has 0 atom stereocenters. The van der Waals surface area contributed by atoms with Gasteiger partial charge in [0.25, 0.3) is 0 Å². The predicted molar refractivity (Wildman–Crippen MR) is 151 cm³/mol. The highest BCUT2D eigenvalue weighted by Crippen LogP contribution is 2.45. The molecule has 8 nitrogen and oxygen atoms in total. The Balaban J connectivity index is 1.34. The van der Waals surface area contributed by atoms with Gasteiger partial charge in [0.2, 0.25) is 0 Å². The lowest BCUT2D eigenvalue weighted by atomic mass is 9.75. The minimum absolute atomic E-state index is 0.0567. The summed E-state index contributed by atoms with van der Waals surface area (Å²) in [5, 5.41) is 12.2. The number of aliphatic hydroxyl groups excluding tert-OH is 1. The fraction of sp³-hybridized carbons (Fsp3) is 0.517. The summed E-state index contributed by atoms with van der Waals surface area (Å²) in [7, 11) is 2.05. The number of aryl methyl sites for hydroxylation is 2. The number of carbonyl (C=O) groups is 1. The Hall–Kier alpha value is -2.91. The minimum atomic E-state index is -0.550. The van der Waals surface area contributed by atoms with Crippen LogP contribution in [0.3, 0.4) is 0 Å². The van der Waals surface area contributed by atoms with Crippen LogP contribution in [-0.2, 0) is 18.4 Å². The molecule has 5 rings (SSSR count). The Morgan fingerprint density at radius 2 is 1.95 bits per heavy atom. The molecule has 3 heterocycles. The topological polar surface area (TPSA) is 92.8 Å². The highest BCUT2D eigenvalue weighted by atomic mass is 32.2. The Kier molecular flexibility index (Phi) is 7.26. The third-order valence-corrected chi connectivity index (χ3v) is 8.75. The van der Waals surface area contributed by atoms with Crippen molar-refractivity contribution in [3.63, 3.8) is 0 Å². The zero-order valence-electron chi connectivity index (χ0n) is 23.0. The smallest absolute Gasteiger partial charge is 0.434 e. The van der Waals surface area contributed by atoms with Crippen molar-refractivity contribution in [3.8, 4) is 0 Å². The van der Waals surface area contributed by atoms with Gasteiger partial charge in [0, 0.05) is 47.7 Å². The molecular formula is C29H37N5O3S. The molecule has 0 bridgehead atoms. The number of para-hydroxylation sites is 1. The number of anilines is 1. The Morgan fingerprint density at radius 1 is 1.18 bits per heavy atom. The maximum atomic E-state index is 12.4. The average molecular weight is 536 g/mol. The molecular weight excluding hydrogens is 498 g/mol. The molecule has 2 aliphatic rings. The Bertz CT molecular complexity index is 1380. The number of hydrogen-bond acceptors (Lipinski definition) is 7. The quantitative estimate of drug-likeness (QED) is 0.434. The number of amides is 1. The van der Waals surface area contributed by atoms with Crippen LogP contribution in [0.4, 0.5) is 10.6 Å². The van der Waals surface area contributed by atoms with Gasteiger partial charge in [-0.2, -0.15) is 4.99 Å². The van der Waals surface area contributed by atoms with Gasteiger partial charge in [0.1, 0.15) is 16.3 Å². The monoisotopic (exact) mass is 535 g/mol. The van der Waals surface area contributed by atoms with Gasteiger partial charge in [-0.1, -0.05) is 23.9 Å². The summed E-state index contributed by atoms with van der Waals surface area (Å²) < 4.78 is 7.58. The first-order valence-corrected chi connectivity index (χ1v) is 14.2. The fourth-order valence-electron chi connectivity index (χ4n) is 5.74. The van der Waals surface area contributed by atoms with Crippen molar-refractivity contribution in [2.45, 2.75) is 81.9 Å². The maximum Gasteiger partial charge on any atom is 0.434 e. The number of rotatable bonds is 4. The van der Waals surface area contributed by atoms with Gasteiger partial charge in [0.15, 0.2) is 5.82 Å². The molecule has 1 aliphatic carbocycles. The van der Waals surface area contributed by atoms with Crippen molar-refractivity contribution in [2.75, 3.05) is 18.0 Å². The van der Waals surface area contributed by atoms with Crippen molar-refractivity contribution in [1.29, 1.82) is 0 Å². The molecule has 1 aromatic carbocycles.